The van der Waals surface area contributed by atoms with Crippen molar-refractivity contribution in [1.29, 1.82) is 0 Å². The summed E-state index contributed by atoms with van der Waals surface area (Å²) in [6.07, 6.45) is 1.19. The lowest BCUT2D eigenvalue weighted by atomic mass is 9.73. The molecule has 0 saturated carbocycles. The average Bonchev–Trinajstić information content (AvgIpc) is 2.79. The van der Waals surface area contributed by atoms with E-state index in [1.165, 1.54) is 12.1 Å². The molecule has 1 saturated heterocycles. The van der Waals surface area contributed by atoms with Crippen LogP contribution in [0.5, 0.6) is 11.8 Å². The fourth-order valence-corrected chi connectivity index (χ4v) is 3.89. The van der Waals surface area contributed by atoms with Crippen LogP contribution in [0.4, 0.5) is 10.1 Å². The lowest BCUT2D eigenvalue weighted by Crippen LogP contribution is -2.45. The summed E-state index contributed by atoms with van der Waals surface area (Å²) in [5.41, 5.74) is 1.91. The molecule has 31 heavy (non-hydrogen) atoms. The average molecular weight is 421 g/mol. The van der Waals surface area contributed by atoms with Gasteiger partial charge in [-0.15, -0.1) is 0 Å². The number of hydrogen-bond acceptors (Lipinski definition) is 5. The minimum Gasteiger partial charge on any atom is -0.421 e. The number of aryl methyl sites for hydroxylation is 2. The van der Waals surface area contributed by atoms with E-state index >= 15 is 0 Å². The Labute approximate surface area is 180 Å². The first-order chi connectivity index (χ1) is 15.0. The molecular formula is C24H24FN3O3. The van der Waals surface area contributed by atoms with Gasteiger partial charge in [0.15, 0.2) is 11.6 Å². The zero-order chi connectivity index (χ0) is 21.8. The molecule has 0 radical (unpaired) electrons. The molecular weight excluding hydrogens is 397 g/mol. The summed E-state index contributed by atoms with van der Waals surface area (Å²) in [5.74, 6) is -0.564. The van der Waals surface area contributed by atoms with Crippen LogP contribution in [-0.4, -0.2) is 29.1 Å². The summed E-state index contributed by atoms with van der Waals surface area (Å²) in [5, 5.41) is 3.04. The molecule has 4 rings (SSSR count). The molecule has 2 aromatic carbocycles. The number of benzene rings is 2. The van der Waals surface area contributed by atoms with Gasteiger partial charge in [0.1, 0.15) is 0 Å². The van der Waals surface area contributed by atoms with E-state index in [-0.39, 0.29) is 17.7 Å². The maximum absolute atomic E-state index is 13.9. The smallest absolute Gasteiger partial charge is 0.322 e. The van der Waals surface area contributed by atoms with Gasteiger partial charge >= 0.3 is 6.01 Å². The molecule has 0 atom stereocenters. The topological polar surface area (TPSA) is 73.3 Å². The molecule has 0 spiro atoms. The summed E-state index contributed by atoms with van der Waals surface area (Å²) in [4.78, 5) is 22.2. The van der Waals surface area contributed by atoms with Gasteiger partial charge in [0.2, 0.25) is 5.91 Å². The first-order valence-corrected chi connectivity index (χ1v) is 10.2. The molecule has 0 bridgehead atoms. The maximum Gasteiger partial charge on any atom is 0.322 e. The number of carbonyl (C=O) groups excluding carboxylic acids is 1. The summed E-state index contributed by atoms with van der Waals surface area (Å²) >= 11 is 0. The molecule has 0 aliphatic carbocycles. The van der Waals surface area contributed by atoms with Crippen molar-refractivity contribution in [1.82, 2.24) is 9.97 Å². The number of anilines is 1. The highest BCUT2D eigenvalue weighted by Gasteiger charge is 2.42. The van der Waals surface area contributed by atoms with E-state index in [2.05, 4.69) is 15.3 Å². The molecule has 0 unspecified atom stereocenters. The normalized spacial score (nSPS) is 15.3. The monoisotopic (exact) mass is 421 g/mol. The third kappa shape index (κ3) is 4.27. The van der Waals surface area contributed by atoms with Crippen molar-refractivity contribution in [3.63, 3.8) is 0 Å². The van der Waals surface area contributed by atoms with E-state index in [1.807, 2.05) is 30.3 Å². The second-order valence-corrected chi connectivity index (χ2v) is 7.60. The van der Waals surface area contributed by atoms with E-state index in [1.54, 1.807) is 26.0 Å². The van der Waals surface area contributed by atoms with Crippen LogP contribution in [0.3, 0.4) is 0 Å². The predicted octanol–water partition coefficient (Wildman–Crippen LogP) is 4.71. The lowest BCUT2D eigenvalue weighted by molar-refractivity contribution is -0.125. The van der Waals surface area contributed by atoms with Crippen molar-refractivity contribution in [3.8, 4) is 11.8 Å². The Morgan fingerprint density at radius 2 is 1.61 bits per heavy atom. The molecule has 1 N–H and O–H groups in total. The van der Waals surface area contributed by atoms with E-state index in [4.69, 9.17) is 9.47 Å². The van der Waals surface area contributed by atoms with Crippen LogP contribution in [0.15, 0.2) is 54.6 Å². The van der Waals surface area contributed by atoms with Crippen molar-refractivity contribution in [2.45, 2.75) is 32.1 Å². The number of nitrogens with zero attached hydrogens (tertiary/aromatic N) is 2. The molecule has 1 amide bonds. The summed E-state index contributed by atoms with van der Waals surface area (Å²) in [6.45, 7) is 4.56. The highest BCUT2D eigenvalue weighted by molar-refractivity contribution is 6.00. The minimum absolute atomic E-state index is 0.0296. The Hall–Kier alpha value is -3.32. The van der Waals surface area contributed by atoms with Crippen molar-refractivity contribution in [2.75, 3.05) is 18.5 Å². The fourth-order valence-electron chi connectivity index (χ4n) is 3.89. The molecule has 1 aromatic heterocycles. The molecule has 3 aromatic rings. The van der Waals surface area contributed by atoms with Gasteiger partial charge in [-0.3, -0.25) is 4.79 Å². The van der Waals surface area contributed by atoms with Gasteiger partial charge in [-0.2, -0.15) is 9.97 Å². The SMILES string of the molecule is Cc1nc(Oc2ccccc2F)nc(C)c1NC(=O)C1(c2ccccc2)CCOCC1. The Kier molecular flexibility index (Phi) is 5.95. The van der Waals surface area contributed by atoms with E-state index in [9.17, 15) is 9.18 Å². The van der Waals surface area contributed by atoms with Crippen LogP contribution < -0.4 is 10.1 Å². The summed E-state index contributed by atoms with van der Waals surface area (Å²) in [7, 11) is 0. The van der Waals surface area contributed by atoms with Crippen molar-refractivity contribution >= 4 is 11.6 Å². The highest BCUT2D eigenvalue weighted by Crippen LogP contribution is 2.37. The van der Waals surface area contributed by atoms with Crippen molar-refractivity contribution in [2.24, 2.45) is 0 Å². The maximum atomic E-state index is 13.9. The van der Waals surface area contributed by atoms with Crippen LogP contribution in [-0.2, 0) is 14.9 Å². The van der Waals surface area contributed by atoms with E-state index in [0.717, 1.165) is 5.56 Å². The molecule has 1 aliphatic rings. The fraction of sp³-hybridized carbons (Fsp3) is 0.292. The van der Waals surface area contributed by atoms with E-state index < -0.39 is 11.2 Å². The highest BCUT2D eigenvalue weighted by atomic mass is 19.1. The summed E-state index contributed by atoms with van der Waals surface area (Å²) < 4.78 is 24.9. The standard InChI is InChI=1S/C24H24FN3O3/c1-16-21(17(2)27-23(26-16)31-20-11-7-6-10-19(20)25)28-22(29)24(12-14-30-15-13-24)18-8-4-3-5-9-18/h3-11H,12-15H2,1-2H3,(H,28,29). The molecule has 2 heterocycles. The Morgan fingerprint density at radius 3 is 2.26 bits per heavy atom. The quantitative estimate of drug-likeness (QED) is 0.646. The zero-order valence-corrected chi connectivity index (χ0v) is 17.5. The van der Waals surface area contributed by atoms with Crippen molar-refractivity contribution in [3.05, 3.63) is 77.4 Å². The third-order valence-corrected chi connectivity index (χ3v) is 5.63. The van der Waals surface area contributed by atoms with Gasteiger partial charge in [-0.1, -0.05) is 42.5 Å². The first kappa shape index (κ1) is 20.9. The Morgan fingerprint density at radius 1 is 1.00 bits per heavy atom. The predicted molar refractivity (Wildman–Crippen MR) is 115 cm³/mol. The zero-order valence-electron chi connectivity index (χ0n) is 17.5. The van der Waals surface area contributed by atoms with Gasteiger partial charge in [-0.25, -0.2) is 4.39 Å². The number of halogens is 1. The molecule has 1 aliphatic heterocycles. The van der Waals surface area contributed by atoms with Crippen LogP contribution in [0.1, 0.15) is 29.8 Å². The molecule has 6 nitrogen and oxygen atoms in total. The molecule has 160 valence electrons. The number of nitrogens with one attached hydrogen (secondary N) is 1. The number of para-hydroxylation sites is 1. The van der Waals surface area contributed by atoms with Gasteiger partial charge in [-0.05, 0) is 44.4 Å². The van der Waals surface area contributed by atoms with Crippen LogP contribution >= 0.6 is 0 Å². The Balaban J connectivity index is 1.61. The molecule has 1 fully saturated rings. The second-order valence-electron chi connectivity index (χ2n) is 7.60. The molecule has 7 heteroatoms. The van der Waals surface area contributed by atoms with Crippen LogP contribution in [0.25, 0.3) is 0 Å². The van der Waals surface area contributed by atoms with Crippen LogP contribution in [0.2, 0.25) is 0 Å². The number of ether oxygens (including phenoxy) is 2. The second kappa shape index (κ2) is 8.81. The largest absolute Gasteiger partial charge is 0.421 e. The number of rotatable bonds is 5. The third-order valence-electron chi connectivity index (χ3n) is 5.63. The minimum atomic E-state index is -0.680. The number of amides is 1. The lowest BCUT2D eigenvalue weighted by Gasteiger charge is -2.36. The van der Waals surface area contributed by atoms with Gasteiger partial charge in [0.25, 0.3) is 0 Å². The van der Waals surface area contributed by atoms with Crippen molar-refractivity contribution < 1.29 is 18.7 Å². The number of hydrogen-bond donors (Lipinski definition) is 1. The van der Waals surface area contributed by atoms with Gasteiger partial charge in [0.05, 0.1) is 22.5 Å². The number of aromatic nitrogens is 2. The van der Waals surface area contributed by atoms with Gasteiger partial charge < -0.3 is 14.8 Å². The number of carbonyl (C=O) groups is 1. The van der Waals surface area contributed by atoms with Gasteiger partial charge in [0, 0.05) is 13.2 Å². The Bertz CT molecular complexity index is 1060. The van der Waals surface area contributed by atoms with Crippen LogP contribution in [0, 0.1) is 19.7 Å². The first-order valence-electron chi connectivity index (χ1n) is 10.2. The van der Waals surface area contributed by atoms with E-state index in [0.29, 0.717) is 43.1 Å². The summed E-state index contributed by atoms with van der Waals surface area (Å²) in [6, 6.07) is 15.9.